The number of hydrogen-bond acceptors (Lipinski definition) is 3. The number of nitrogens with zero attached hydrogens (tertiary/aromatic N) is 1. The Balaban J connectivity index is 2.59. The lowest BCUT2D eigenvalue weighted by Crippen LogP contribution is -2.43. The van der Waals surface area contributed by atoms with Crippen LogP contribution in [0.4, 0.5) is 0 Å². The van der Waals surface area contributed by atoms with Gasteiger partial charge in [-0.3, -0.25) is 4.79 Å². The van der Waals surface area contributed by atoms with Gasteiger partial charge in [0.05, 0.1) is 6.04 Å². The number of rotatable bonds is 12. The molecule has 0 aliphatic carbocycles. The van der Waals surface area contributed by atoms with Crippen LogP contribution in [0.5, 0.6) is 0 Å². The Morgan fingerprint density at radius 1 is 1.09 bits per heavy atom. The van der Waals surface area contributed by atoms with Crippen molar-refractivity contribution in [3.63, 3.8) is 0 Å². The summed E-state index contributed by atoms with van der Waals surface area (Å²) in [6.45, 7) is 4.29. The quantitative estimate of drug-likeness (QED) is 0.582. The maximum Gasteiger partial charge on any atom is 0.239 e. The molecule has 1 aromatic rings. The third-order valence-corrected chi connectivity index (χ3v) is 4.10. The summed E-state index contributed by atoms with van der Waals surface area (Å²) in [7, 11) is 0. The minimum Gasteiger partial charge on any atom is -0.337 e. The summed E-state index contributed by atoms with van der Waals surface area (Å²) in [6.07, 6.45) is 7.19. The van der Waals surface area contributed by atoms with Crippen LogP contribution in [0.25, 0.3) is 0 Å². The van der Waals surface area contributed by atoms with Crippen LogP contribution in [0.2, 0.25) is 0 Å². The molecule has 4 nitrogen and oxygen atoms in total. The Labute approximate surface area is 141 Å². The topological polar surface area (TPSA) is 72.3 Å². The largest absolute Gasteiger partial charge is 0.337 e. The Kier molecular flexibility index (Phi) is 10.3. The molecule has 0 unspecified atom stereocenters. The normalized spacial score (nSPS) is 12.1. The number of nitrogens with two attached hydrogens (primary N) is 2. The monoisotopic (exact) mass is 319 g/mol. The standard InChI is InChI=1S/C19H33N3O/c1-2-3-4-10-15-22(16-17-11-6-5-7-12-17)19(23)18(21)13-8-9-14-20/h5-7,11-12,18H,2-4,8-10,13-16,20-21H2,1H3/t18-/m0/s1. The Hall–Kier alpha value is -1.39. The summed E-state index contributed by atoms with van der Waals surface area (Å²) in [5, 5.41) is 0. The summed E-state index contributed by atoms with van der Waals surface area (Å²) >= 11 is 0. The Morgan fingerprint density at radius 2 is 1.83 bits per heavy atom. The molecule has 0 aliphatic rings. The van der Waals surface area contributed by atoms with Gasteiger partial charge in [-0.25, -0.2) is 0 Å². The van der Waals surface area contributed by atoms with Crippen LogP contribution in [0.3, 0.4) is 0 Å². The van der Waals surface area contributed by atoms with Crippen molar-refractivity contribution in [2.24, 2.45) is 11.5 Å². The lowest BCUT2D eigenvalue weighted by atomic mass is 10.1. The summed E-state index contributed by atoms with van der Waals surface area (Å²) in [4.78, 5) is 14.6. The SMILES string of the molecule is CCCCCCN(Cc1ccccc1)C(=O)[C@@H](N)CCCCN. The van der Waals surface area contributed by atoms with Crippen LogP contribution in [0, 0.1) is 0 Å². The molecule has 0 heterocycles. The first-order valence-electron chi connectivity index (χ1n) is 8.97. The van der Waals surface area contributed by atoms with Crippen LogP contribution in [0.1, 0.15) is 57.4 Å². The van der Waals surface area contributed by atoms with Crippen molar-refractivity contribution in [2.75, 3.05) is 13.1 Å². The molecule has 0 aliphatic heterocycles. The van der Waals surface area contributed by atoms with E-state index in [0.29, 0.717) is 13.1 Å². The summed E-state index contributed by atoms with van der Waals surface area (Å²) in [6, 6.07) is 9.73. The molecular weight excluding hydrogens is 286 g/mol. The molecule has 4 heteroatoms. The highest BCUT2D eigenvalue weighted by atomic mass is 16.2. The average Bonchev–Trinajstić information content (AvgIpc) is 2.58. The molecule has 0 saturated carbocycles. The van der Waals surface area contributed by atoms with Gasteiger partial charge in [0.25, 0.3) is 0 Å². The van der Waals surface area contributed by atoms with E-state index in [2.05, 4.69) is 19.1 Å². The minimum absolute atomic E-state index is 0.0716. The van der Waals surface area contributed by atoms with Gasteiger partial charge in [0.2, 0.25) is 5.91 Å². The third kappa shape index (κ3) is 8.14. The van der Waals surface area contributed by atoms with Crippen LogP contribution >= 0.6 is 0 Å². The molecule has 1 rings (SSSR count). The van der Waals surface area contributed by atoms with Gasteiger partial charge >= 0.3 is 0 Å². The highest BCUT2D eigenvalue weighted by Gasteiger charge is 2.20. The highest BCUT2D eigenvalue weighted by molar-refractivity contribution is 5.81. The van der Waals surface area contributed by atoms with Crippen LogP contribution in [0.15, 0.2) is 30.3 Å². The number of carbonyl (C=O) groups excluding carboxylic acids is 1. The average molecular weight is 319 g/mol. The number of benzene rings is 1. The van der Waals surface area contributed by atoms with Crippen LogP contribution in [-0.4, -0.2) is 29.9 Å². The predicted octanol–water partition coefficient (Wildman–Crippen LogP) is 3.05. The fourth-order valence-electron chi connectivity index (χ4n) is 2.67. The zero-order chi connectivity index (χ0) is 16.9. The van der Waals surface area contributed by atoms with Crippen molar-refractivity contribution < 1.29 is 4.79 Å². The fraction of sp³-hybridized carbons (Fsp3) is 0.632. The molecule has 0 radical (unpaired) electrons. The smallest absolute Gasteiger partial charge is 0.239 e. The third-order valence-electron chi connectivity index (χ3n) is 4.10. The van der Waals surface area contributed by atoms with Gasteiger partial charge in [0.15, 0.2) is 0 Å². The molecule has 0 fully saturated rings. The molecule has 130 valence electrons. The molecule has 0 saturated heterocycles. The van der Waals surface area contributed by atoms with Gasteiger partial charge in [0, 0.05) is 13.1 Å². The number of unbranched alkanes of at least 4 members (excludes halogenated alkanes) is 4. The summed E-state index contributed by atoms with van der Waals surface area (Å²) < 4.78 is 0. The Morgan fingerprint density at radius 3 is 2.48 bits per heavy atom. The number of hydrogen-bond donors (Lipinski definition) is 2. The van der Waals surface area contributed by atoms with Crippen molar-refractivity contribution in [3.8, 4) is 0 Å². The summed E-state index contributed by atoms with van der Waals surface area (Å²) in [5.74, 6) is 0.0716. The fourth-order valence-corrected chi connectivity index (χ4v) is 2.67. The molecule has 1 atom stereocenters. The molecular formula is C19H33N3O. The maximum atomic E-state index is 12.7. The van der Waals surface area contributed by atoms with E-state index >= 15 is 0 Å². The lowest BCUT2D eigenvalue weighted by Gasteiger charge is -2.26. The first kappa shape index (κ1) is 19.7. The Bertz CT molecular complexity index is 422. The minimum atomic E-state index is -0.406. The van der Waals surface area contributed by atoms with E-state index in [-0.39, 0.29) is 5.91 Å². The molecule has 0 bridgehead atoms. The van der Waals surface area contributed by atoms with Crippen molar-refractivity contribution in [2.45, 2.75) is 64.5 Å². The van der Waals surface area contributed by atoms with Gasteiger partial charge in [-0.05, 0) is 31.4 Å². The molecule has 23 heavy (non-hydrogen) atoms. The van der Waals surface area contributed by atoms with E-state index in [0.717, 1.165) is 44.2 Å². The number of amides is 1. The van der Waals surface area contributed by atoms with Gasteiger partial charge in [-0.15, -0.1) is 0 Å². The first-order valence-corrected chi connectivity index (χ1v) is 8.97. The zero-order valence-electron chi connectivity index (χ0n) is 14.5. The summed E-state index contributed by atoms with van der Waals surface area (Å²) in [5.41, 5.74) is 12.8. The van der Waals surface area contributed by atoms with E-state index in [9.17, 15) is 4.79 Å². The lowest BCUT2D eigenvalue weighted by molar-refractivity contribution is -0.133. The van der Waals surface area contributed by atoms with E-state index in [1.54, 1.807) is 0 Å². The van der Waals surface area contributed by atoms with E-state index in [1.807, 2.05) is 23.1 Å². The van der Waals surface area contributed by atoms with Crippen molar-refractivity contribution >= 4 is 5.91 Å². The van der Waals surface area contributed by atoms with Crippen molar-refractivity contribution in [3.05, 3.63) is 35.9 Å². The second-order valence-corrected chi connectivity index (χ2v) is 6.20. The molecule has 1 amide bonds. The van der Waals surface area contributed by atoms with Crippen molar-refractivity contribution in [1.82, 2.24) is 4.90 Å². The van der Waals surface area contributed by atoms with Crippen LogP contribution < -0.4 is 11.5 Å². The van der Waals surface area contributed by atoms with Gasteiger partial charge < -0.3 is 16.4 Å². The van der Waals surface area contributed by atoms with Crippen LogP contribution in [-0.2, 0) is 11.3 Å². The molecule has 4 N–H and O–H groups in total. The second-order valence-electron chi connectivity index (χ2n) is 6.20. The molecule has 0 spiro atoms. The van der Waals surface area contributed by atoms with E-state index < -0.39 is 6.04 Å². The van der Waals surface area contributed by atoms with Crippen molar-refractivity contribution in [1.29, 1.82) is 0 Å². The molecule has 0 aromatic heterocycles. The maximum absolute atomic E-state index is 12.7. The highest BCUT2D eigenvalue weighted by Crippen LogP contribution is 2.11. The number of carbonyl (C=O) groups is 1. The van der Waals surface area contributed by atoms with E-state index in [1.165, 1.54) is 12.8 Å². The predicted molar refractivity (Wildman–Crippen MR) is 96.9 cm³/mol. The van der Waals surface area contributed by atoms with Gasteiger partial charge in [0.1, 0.15) is 0 Å². The van der Waals surface area contributed by atoms with Gasteiger partial charge in [-0.1, -0.05) is 62.9 Å². The van der Waals surface area contributed by atoms with E-state index in [4.69, 9.17) is 11.5 Å². The first-order chi connectivity index (χ1) is 11.2. The zero-order valence-corrected chi connectivity index (χ0v) is 14.5. The second kappa shape index (κ2) is 12.1. The van der Waals surface area contributed by atoms with Gasteiger partial charge in [-0.2, -0.15) is 0 Å². The molecule has 1 aromatic carbocycles.